The van der Waals surface area contributed by atoms with E-state index in [4.69, 9.17) is 4.74 Å². The lowest BCUT2D eigenvalue weighted by Crippen LogP contribution is -2.37. The van der Waals surface area contributed by atoms with E-state index in [1.807, 2.05) is 0 Å². The largest absolute Gasteiger partial charge is 0.393 e. The first-order chi connectivity index (χ1) is 6.86. The van der Waals surface area contributed by atoms with E-state index in [9.17, 15) is 5.11 Å². The minimum Gasteiger partial charge on any atom is -0.393 e. The Balaban J connectivity index is 1.52. The molecule has 2 aliphatic rings. The first-order valence-corrected chi connectivity index (χ1v) is 5.84. The van der Waals surface area contributed by atoms with E-state index in [1.165, 1.54) is 12.8 Å². The maximum Gasteiger partial charge on any atom is 0.0594 e. The van der Waals surface area contributed by atoms with Crippen molar-refractivity contribution in [1.82, 2.24) is 4.90 Å². The van der Waals surface area contributed by atoms with Crippen molar-refractivity contribution < 1.29 is 9.84 Å². The zero-order valence-electron chi connectivity index (χ0n) is 8.82. The maximum atomic E-state index is 9.68. The monoisotopic (exact) mass is 199 g/mol. The van der Waals surface area contributed by atoms with Crippen LogP contribution in [0, 0.1) is 5.92 Å². The van der Waals surface area contributed by atoms with Crippen molar-refractivity contribution in [2.24, 2.45) is 5.92 Å². The van der Waals surface area contributed by atoms with Crippen molar-refractivity contribution >= 4 is 0 Å². The molecule has 1 heterocycles. The second-order valence-corrected chi connectivity index (χ2v) is 4.50. The van der Waals surface area contributed by atoms with Gasteiger partial charge in [-0.05, 0) is 38.1 Å². The van der Waals surface area contributed by atoms with Gasteiger partial charge >= 0.3 is 0 Å². The molecular weight excluding hydrogens is 178 g/mol. The van der Waals surface area contributed by atoms with Gasteiger partial charge < -0.3 is 9.84 Å². The lowest BCUT2D eigenvalue weighted by molar-refractivity contribution is 0.0347. The summed E-state index contributed by atoms with van der Waals surface area (Å²) in [4.78, 5) is 2.43. The molecule has 0 bridgehead atoms. The molecule has 3 nitrogen and oxygen atoms in total. The van der Waals surface area contributed by atoms with Gasteiger partial charge in [0.2, 0.25) is 0 Å². The van der Waals surface area contributed by atoms with Gasteiger partial charge in [-0.25, -0.2) is 0 Å². The van der Waals surface area contributed by atoms with Crippen LogP contribution in [0.5, 0.6) is 0 Å². The summed E-state index contributed by atoms with van der Waals surface area (Å²) in [5.41, 5.74) is 0. The van der Waals surface area contributed by atoms with Gasteiger partial charge in [0.15, 0.2) is 0 Å². The number of ether oxygens (including phenoxy) is 1. The molecule has 1 aliphatic carbocycles. The van der Waals surface area contributed by atoms with E-state index in [0.29, 0.717) is 5.92 Å². The summed E-state index contributed by atoms with van der Waals surface area (Å²) in [6.45, 7) is 5.03. The maximum absolute atomic E-state index is 9.68. The van der Waals surface area contributed by atoms with Crippen molar-refractivity contribution in [3.63, 3.8) is 0 Å². The molecule has 1 aliphatic heterocycles. The Morgan fingerprint density at radius 2 is 2.00 bits per heavy atom. The van der Waals surface area contributed by atoms with Crippen LogP contribution in [0.3, 0.4) is 0 Å². The Morgan fingerprint density at radius 1 is 1.29 bits per heavy atom. The third-order valence-corrected chi connectivity index (χ3v) is 3.24. The molecule has 2 fully saturated rings. The molecule has 0 spiro atoms. The summed E-state index contributed by atoms with van der Waals surface area (Å²) in [6.07, 6.45) is 4.60. The highest BCUT2D eigenvalue weighted by molar-refractivity contribution is 4.80. The second-order valence-electron chi connectivity index (χ2n) is 4.50. The van der Waals surface area contributed by atoms with E-state index < -0.39 is 0 Å². The van der Waals surface area contributed by atoms with Crippen LogP contribution in [-0.2, 0) is 4.74 Å². The average Bonchev–Trinajstić information content (AvgIpc) is 3.02. The molecular formula is C11H21NO2. The highest BCUT2D eigenvalue weighted by Gasteiger charge is 2.29. The van der Waals surface area contributed by atoms with Gasteiger partial charge in [0.05, 0.1) is 19.3 Å². The van der Waals surface area contributed by atoms with E-state index in [1.54, 1.807) is 0 Å². The number of morpholine rings is 1. The lowest BCUT2D eigenvalue weighted by Gasteiger charge is -2.26. The van der Waals surface area contributed by atoms with Gasteiger partial charge in [0.25, 0.3) is 0 Å². The Bertz CT molecular complexity index is 165. The fraction of sp³-hybridized carbons (Fsp3) is 1.00. The van der Waals surface area contributed by atoms with Crippen LogP contribution in [0.15, 0.2) is 0 Å². The van der Waals surface area contributed by atoms with Gasteiger partial charge in [-0.2, -0.15) is 0 Å². The molecule has 1 N–H and O–H groups in total. The molecule has 0 aromatic carbocycles. The molecule has 0 aromatic heterocycles. The fourth-order valence-electron chi connectivity index (χ4n) is 2.07. The molecule has 82 valence electrons. The smallest absolute Gasteiger partial charge is 0.0594 e. The topological polar surface area (TPSA) is 32.7 Å². The summed E-state index contributed by atoms with van der Waals surface area (Å²) in [7, 11) is 0. The van der Waals surface area contributed by atoms with E-state index in [0.717, 1.165) is 45.7 Å². The Morgan fingerprint density at radius 3 is 2.64 bits per heavy atom. The summed E-state index contributed by atoms with van der Waals surface area (Å²) >= 11 is 0. The molecule has 1 unspecified atom stereocenters. The number of rotatable bonds is 5. The molecule has 1 atom stereocenters. The van der Waals surface area contributed by atoms with Gasteiger partial charge in [-0.1, -0.05) is 0 Å². The summed E-state index contributed by atoms with van der Waals surface area (Å²) in [5, 5.41) is 9.68. The van der Waals surface area contributed by atoms with Crippen molar-refractivity contribution in [1.29, 1.82) is 0 Å². The zero-order chi connectivity index (χ0) is 9.80. The number of aliphatic hydroxyl groups excluding tert-OH is 1. The number of nitrogens with zero attached hydrogens (tertiary/aromatic N) is 1. The van der Waals surface area contributed by atoms with Gasteiger partial charge in [-0.15, -0.1) is 0 Å². The predicted molar refractivity (Wildman–Crippen MR) is 55.2 cm³/mol. The van der Waals surface area contributed by atoms with Crippen LogP contribution in [0.4, 0.5) is 0 Å². The SMILES string of the molecule is OC(CCCN1CCOCC1)C1CC1. The molecule has 1 saturated heterocycles. The number of aliphatic hydroxyl groups is 1. The zero-order valence-corrected chi connectivity index (χ0v) is 8.82. The lowest BCUT2D eigenvalue weighted by atomic mass is 10.1. The van der Waals surface area contributed by atoms with Crippen LogP contribution >= 0.6 is 0 Å². The molecule has 0 aromatic rings. The number of hydrogen-bond acceptors (Lipinski definition) is 3. The van der Waals surface area contributed by atoms with Crippen LogP contribution in [-0.4, -0.2) is 49.0 Å². The van der Waals surface area contributed by atoms with Crippen molar-refractivity contribution in [2.45, 2.75) is 31.8 Å². The van der Waals surface area contributed by atoms with Gasteiger partial charge in [0.1, 0.15) is 0 Å². The first kappa shape index (κ1) is 10.4. The minimum atomic E-state index is -0.0176. The van der Waals surface area contributed by atoms with Gasteiger partial charge in [0, 0.05) is 13.1 Å². The standard InChI is InChI=1S/C11H21NO2/c13-11(10-3-4-10)2-1-5-12-6-8-14-9-7-12/h10-11,13H,1-9H2. The van der Waals surface area contributed by atoms with Crippen LogP contribution in [0.1, 0.15) is 25.7 Å². The van der Waals surface area contributed by atoms with Crippen LogP contribution < -0.4 is 0 Å². The highest BCUT2D eigenvalue weighted by atomic mass is 16.5. The third-order valence-electron chi connectivity index (χ3n) is 3.24. The first-order valence-electron chi connectivity index (χ1n) is 5.84. The van der Waals surface area contributed by atoms with E-state index in [-0.39, 0.29) is 6.10 Å². The molecule has 0 radical (unpaired) electrons. The minimum absolute atomic E-state index is 0.0176. The summed E-state index contributed by atoms with van der Waals surface area (Å²) < 4.78 is 5.28. The van der Waals surface area contributed by atoms with Crippen molar-refractivity contribution in [3.8, 4) is 0 Å². The van der Waals surface area contributed by atoms with Crippen molar-refractivity contribution in [3.05, 3.63) is 0 Å². The number of hydrogen-bond donors (Lipinski definition) is 1. The Hall–Kier alpha value is -0.120. The molecule has 0 amide bonds. The summed E-state index contributed by atoms with van der Waals surface area (Å²) in [6, 6.07) is 0. The third kappa shape index (κ3) is 3.23. The van der Waals surface area contributed by atoms with E-state index in [2.05, 4.69) is 4.90 Å². The summed E-state index contributed by atoms with van der Waals surface area (Å²) in [5.74, 6) is 0.639. The second kappa shape index (κ2) is 5.10. The molecule has 3 heteroatoms. The predicted octanol–water partition coefficient (Wildman–Crippen LogP) is 0.870. The van der Waals surface area contributed by atoms with Crippen LogP contribution in [0.25, 0.3) is 0 Å². The Kier molecular flexibility index (Phi) is 3.79. The fourth-order valence-corrected chi connectivity index (χ4v) is 2.07. The Labute approximate surface area is 86.0 Å². The molecule has 2 rings (SSSR count). The van der Waals surface area contributed by atoms with E-state index >= 15 is 0 Å². The van der Waals surface area contributed by atoms with Crippen molar-refractivity contribution in [2.75, 3.05) is 32.8 Å². The quantitative estimate of drug-likeness (QED) is 0.713. The molecule has 14 heavy (non-hydrogen) atoms. The molecule has 1 saturated carbocycles. The average molecular weight is 199 g/mol. The normalized spacial score (nSPS) is 26.4. The highest BCUT2D eigenvalue weighted by Crippen LogP contribution is 2.34. The van der Waals surface area contributed by atoms with Crippen LogP contribution in [0.2, 0.25) is 0 Å². The van der Waals surface area contributed by atoms with Gasteiger partial charge in [-0.3, -0.25) is 4.90 Å².